The van der Waals surface area contributed by atoms with Crippen molar-refractivity contribution in [3.05, 3.63) is 58.6 Å². The standard InChI is InChI=1S/C19H21BrN2O5S/c1-3-22(4-2)28(25,26)17-10-8-14(9-11-17)19(24)27-13-18(23)21-16-7-5-6-15(20)12-16/h5-12H,3-4,13H2,1-2H3,(H,21,23). The SMILES string of the molecule is CCN(CC)S(=O)(=O)c1ccc(C(=O)OCC(=O)Nc2cccc(Br)c2)cc1. The molecule has 2 aromatic rings. The normalized spacial score (nSPS) is 11.3. The molecule has 7 nitrogen and oxygen atoms in total. The van der Waals surface area contributed by atoms with Gasteiger partial charge in [0.05, 0.1) is 10.5 Å². The lowest BCUT2D eigenvalue weighted by Gasteiger charge is -2.18. The maximum absolute atomic E-state index is 12.4. The number of hydrogen-bond donors (Lipinski definition) is 1. The average molecular weight is 469 g/mol. The predicted molar refractivity (Wildman–Crippen MR) is 110 cm³/mol. The molecule has 0 saturated carbocycles. The summed E-state index contributed by atoms with van der Waals surface area (Å²) in [5, 5.41) is 2.61. The number of nitrogens with one attached hydrogen (secondary N) is 1. The Bertz CT molecular complexity index is 941. The molecule has 0 saturated heterocycles. The third-order valence-electron chi connectivity index (χ3n) is 3.88. The van der Waals surface area contributed by atoms with E-state index in [1.165, 1.54) is 28.6 Å². The van der Waals surface area contributed by atoms with Crippen molar-refractivity contribution in [2.75, 3.05) is 25.0 Å². The van der Waals surface area contributed by atoms with E-state index >= 15 is 0 Å². The van der Waals surface area contributed by atoms with Crippen LogP contribution in [-0.2, 0) is 19.6 Å². The minimum Gasteiger partial charge on any atom is -0.452 e. The molecule has 0 bridgehead atoms. The second kappa shape index (κ2) is 9.81. The molecule has 0 aliphatic carbocycles. The Morgan fingerprint density at radius 2 is 1.71 bits per heavy atom. The van der Waals surface area contributed by atoms with Gasteiger partial charge in [0.1, 0.15) is 0 Å². The van der Waals surface area contributed by atoms with Gasteiger partial charge in [-0.3, -0.25) is 4.79 Å². The first-order chi connectivity index (χ1) is 13.3. The average Bonchev–Trinajstić information content (AvgIpc) is 2.67. The number of rotatable bonds is 8. The van der Waals surface area contributed by atoms with Crippen molar-refractivity contribution in [2.24, 2.45) is 0 Å². The maximum atomic E-state index is 12.4. The summed E-state index contributed by atoms with van der Waals surface area (Å²) in [6.45, 7) is 3.77. The highest BCUT2D eigenvalue weighted by Crippen LogP contribution is 2.17. The van der Waals surface area contributed by atoms with E-state index in [0.717, 1.165) is 4.47 Å². The molecule has 0 aliphatic heterocycles. The summed E-state index contributed by atoms with van der Waals surface area (Å²) in [6.07, 6.45) is 0. The van der Waals surface area contributed by atoms with Crippen LogP contribution in [0, 0.1) is 0 Å². The second-order valence-corrected chi connectivity index (χ2v) is 8.60. The molecular formula is C19H21BrN2O5S. The van der Waals surface area contributed by atoms with Gasteiger partial charge >= 0.3 is 5.97 Å². The highest BCUT2D eigenvalue weighted by Gasteiger charge is 2.22. The zero-order valence-corrected chi connectivity index (χ0v) is 17.9. The van der Waals surface area contributed by atoms with E-state index in [-0.39, 0.29) is 10.5 Å². The van der Waals surface area contributed by atoms with Crippen molar-refractivity contribution in [1.82, 2.24) is 4.31 Å². The molecule has 1 amide bonds. The minimum atomic E-state index is -3.59. The fourth-order valence-corrected chi connectivity index (χ4v) is 4.31. The number of anilines is 1. The van der Waals surface area contributed by atoms with Gasteiger partial charge in [0, 0.05) is 23.2 Å². The molecule has 0 aliphatic rings. The van der Waals surface area contributed by atoms with Crippen LogP contribution in [0.5, 0.6) is 0 Å². The predicted octanol–water partition coefficient (Wildman–Crippen LogP) is 3.28. The number of nitrogens with zero attached hydrogens (tertiary/aromatic N) is 1. The molecule has 2 aromatic carbocycles. The molecule has 0 unspecified atom stereocenters. The van der Waals surface area contributed by atoms with Crippen LogP contribution in [0.15, 0.2) is 57.9 Å². The number of esters is 1. The van der Waals surface area contributed by atoms with Crippen molar-refractivity contribution < 1.29 is 22.7 Å². The van der Waals surface area contributed by atoms with Gasteiger partial charge in [-0.25, -0.2) is 13.2 Å². The molecule has 1 N–H and O–H groups in total. The molecule has 150 valence electrons. The van der Waals surface area contributed by atoms with E-state index in [2.05, 4.69) is 21.2 Å². The van der Waals surface area contributed by atoms with E-state index in [0.29, 0.717) is 18.8 Å². The fourth-order valence-electron chi connectivity index (χ4n) is 2.45. The summed E-state index contributed by atoms with van der Waals surface area (Å²) >= 11 is 3.30. The number of sulfonamides is 1. The van der Waals surface area contributed by atoms with E-state index in [1.54, 1.807) is 32.0 Å². The number of carbonyl (C=O) groups is 2. The highest BCUT2D eigenvalue weighted by atomic mass is 79.9. The molecule has 2 rings (SSSR count). The second-order valence-electron chi connectivity index (χ2n) is 5.75. The fraction of sp³-hybridized carbons (Fsp3) is 0.263. The maximum Gasteiger partial charge on any atom is 0.338 e. The van der Waals surface area contributed by atoms with Gasteiger partial charge < -0.3 is 10.1 Å². The minimum absolute atomic E-state index is 0.0974. The van der Waals surface area contributed by atoms with Crippen LogP contribution < -0.4 is 5.32 Å². The highest BCUT2D eigenvalue weighted by molar-refractivity contribution is 9.10. The molecule has 0 fully saturated rings. The third-order valence-corrected chi connectivity index (χ3v) is 6.43. The molecule has 0 heterocycles. The summed E-state index contributed by atoms with van der Waals surface area (Å²) in [7, 11) is -3.59. The van der Waals surface area contributed by atoms with Crippen LogP contribution in [0.2, 0.25) is 0 Å². The summed E-state index contributed by atoms with van der Waals surface area (Å²) < 4.78 is 32.0. The third kappa shape index (κ3) is 5.63. The largest absolute Gasteiger partial charge is 0.452 e. The first kappa shape index (κ1) is 22.1. The molecule has 9 heteroatoms. The Hall–Kier alpha value is -2.23. The van der Waals surface area contributed by atoms with Crippen LogP contribution >= 0.6 is 15.9 Å². The van der Waals surface area contributed by atoms with Gasteiger partial charge in [-0.05, 0) is 42.5 Å². The van der Waals surface area contributed by atoms with Crippen molar-refractivity contribution in [3.63, 3.8) is 0 Å². The van der Waals surface area contributed by atoms with Crippen molar-refractivity contribution in [2.45, 2.75) is 18.7 Å². The molecule has 0 aromatic heterocycles. The Labute approximate surface area is 172 Å². The number of amides is 1. The van der Waals surface area contributed by atoms with Crippen molar-refractivity contribution in [1.29, 1.82) is 0 Å². The van der Waals surface area contributed by atoms with E-state index in [9.17, 15) is 18.0 Å². The van der Waals surface area contributed by atoms with Crippen LogP contribution in [0.25, 0.3) is 0 Å². The Morgan fingerprint density at radius 3 is 2.29 bits per heavy atom. The van der Waals surface area contributed by atoms with Gasteiger partial charge in [-0.15, -0.1) is 0 Å². The number of ether oxygens (including phenoxy) is 1. The quantitative estimate of drug-likeness (QED) is 0.600. The smallest absolute Gasteiger partial charge is 0.338 e. The van der Waals surface area contributed by atoms with Gasteiger partial charge in [-0.1, -0.05) is 35.8 Å². The summed E-state index contributed by atoms with van der Waals surface area (Å²) in [6, 6.07) is 12.4. The molecule has 28 heavy (non-hydrogen) atoms. The van der Waals surface area contributed by atoms with Crippen LogP contribution in [0.1, 0.15) is 24.2 Å². The van der Waals surface area contributed by atoms with Gasteiger partial charge in [0.2, 0.25) is 10.0 Å². The molecule has 0 spiro atoms. The number of halogens is 1. The Balaban J connectivity index is 1.97. The zero-order valence-electron chi connectivity index (χ0n) is 15.5. The van der Waals surface area contributed by atoms with E-state index in [4.69, 9.17) is 4.74 Å². The van der Waals surface area contributed by atoms with Crippen molar-refractivity contribution >= 4 is 43.5 Å². The van der Waals surface area contributed by atoms with Crippen LogP contribution in [0.3, 0.4) is 0 Å². The lowest BCUT2D eigenvalue weighted by Crippen LogP contribution is -2.30. The lowest BCUT2D eigenvalue weighted by molar-refractivity contribution is -0.119. The van der Waals surface area contributed by atoms with Crippen LogP contribution in [-0.4, -0.2) is 44.3 Å². The summed E-state index contributed by atoms with van der Waals surface area (Å²) in [4.78, 5) is 24.1. The van der Waals surface area contributed by atoms with Crippen LogP contribution in [0.4, 0.5) is 5.69 Å². The number of carbonyl (C=O) groups excluding carboxylic acids is 2. The topological polar surface area (TPSA) is 92.8 Å². The lowest BCUT2D eigenvalue weighted by atomic mass is 10.2. The summed E-state index contributed by atoms with van der Waals surface area (Å²) in [5.74, 6) is -1.19. The first-order valence-electron chi connectivity index (χ1n) is 8.60. The Morgan fingerprint density at radius 1 is 1.07 bits per heavy atom. The van der Waals surface area contributed by atoms with Crippen molar-refractivity contribution in [3.8, 4) is 0 Å². The molecule has 0 radical (unpaired) electrons. The zero-order chi connectivity index (χ0) is 20.7. The number of benzene rings is 2. The van der Waals surface area contributed by atoms with E-state index in [1.807, 2.05) is 6.07 Å². The van der Waals surface area contributed by atoms with Gasteiger partial charge in [-0.2, -0.15) is 4.31 Å². The first-order valence-corrected chi connectivity index (χ1v) is 10.8. The Kier molecular flexibility index (Phi) is 7.73. The van der Waals surface area contributed by atoms with Gasteiger partial charge in [0.15, 0.2) is 6.61 Å². The van der Waals surface area contributed by atoms with Gasteiger partial charge in [0.25, 0.3) is 5.91 Å². The summed E-state index contributed by atoms with van der Waals surface area (Å²) in [5.41, 5.74) is 0.732. The monoisotopic (exact) mass is 468 g/mol. The number of hydrogen-bond acceptors (Lipinski definition) is 5. The molecule has 0 atom stereocenters. The van der Waals surface area contributed by atoms with E-state index < -0.39 is 28.5 Å². The molecular weight excluding hydrogens is 448 g/mol.